The highest BCUT2D eigenvalue weighted by Crippen LogP contribution is 2.49. The predicted octanol–water partition coefficient (Wildman–Crippen LogP) is 6.67. The van der Waals surface area contributed by atoms with E-state index in [1.807, 2.05) is 30.3 Å². The van der Waals surface area contributed by atoms with Gasteiger partial charge in [0.1, 0.15) is 11.5 Å². The molecule has 0 aliphatic carbocycles. The Bertz CT molecular complexity index is 1070. The van der Waals surface area contributed by atoms with Crippen LogP contribution in [0.1, 0.15) is 5.56 Å². The molecule has 146 valence electrons. The van der Waals surface area contributed by atoms with E-state index in [9.17, 15) is 4.57 Å². The molecule has 0 saturated carbocycles. The van der Waals surface area contributed by atoms with Crippen LogP contribution in [0.5, 0.6) is 11.5 Å². The standard InChI is InChI=1S/C24H21O4P/c25-29(27-23-11-3-1-4-12-23,28-24-13-5-2-6-14-24)26-18-17-20-15-16-21-9-7-8-10-22(21)19-20/h1-16,19H,17-18H2. The summed E-state index contributed by atoms with van der Waals surface area (Å²) in [6, 6.07) is 32.2. The Morgan fingerprint density at radius 3 is 1.79 bits per heavy atom. The normalized spacial score (nSPS) is 11.3. The van der Waals surface area contributed by atoms with E-state index in [1.165, 1.54) is 5.39 Å². The maximum absolute atomic E-state index is 13.3. The number of rotatable bonds is 8. The minimum atomic E-state index is -3.85. The van der Waals surface area contributed by atoms with Crippen molar-refractivity contribution >= 4 is 18.6 Å². The van der Waals surface area contributed by atoms with Gasteiger partial charge in [-0.05, 0) is 47.0 Å². The zero-order chi connectivity index (χ0) is 19.9. The summed E-state index contributed by atoms with van der Waals surface area (Å²) in [5.41, 5.74) is 1.09. The Morgan fingerprint density at radius 1 is 0.621 bits per heavy atom. The van der Waals surface area contributed by atoms with E-state index in [0.29, 0.717) is 17.9 Å². The molecule has 0 amide bonds. The van der Waals surface area contributed by atoms with E-state index in [1.54, 1.807) is 48.5 Å². The average Bonchev–Trinajstić information content (AvgIpc) is 2.75. The summed E-state index contributed by atoms with van der Waals surface area (Å²) in [6.45, 7) is 0.204. The molecule has 0 atom stereocenters. The lowest BCUT2D eigenvalue weighted by Gasteiger charge is -2.19. The van der Waals surface area contributed by atoms with E-state index in [2.05, 4.69) is 24.3 Å². The van der Waals surface area contributed by atoms with Gasteiger partial charge in [-0.15, -0.1) is 0 Å². The van der Waals surface area contributed by atoms with Gasteiger partial charge in [0.25, 0.3) is 0 Å². The first-order valence-electron chi connectivity index (χ1n) is 9.42. The third-order valence-electron chi connectivity index (χ3n) is 4.37. The quantitative estimate of drug-likeness (QED) is 0.308. The van der Waals surface area contributed by atoms with Gasteiger partial charge in [0.2, 0.25) is 0 Å². The fraction of sp³-hybridized carbons (Fsp3) is 0.0833. The first-order valence-corrected chi connectivity index (χ1v) is 10.9. The van der Waals surface area contributed by atoms with Crippen molar-refractivity contribution in [1.82, 2.24) is 0 Å². The maximum atomic E-state index is 13.3. The van der Waals surface area contributed by atoms with Crippen molar-refractivity contribution in [1.29, 1.82) is 0 Å². The summed E-state index contributed by atoms with van der Waals surface area (Å²) in [6.07, 6.45) is 0.588. The van der Waals surface area contributed by atoms with Gasteiger partial charge in [-0.2, -0.15) is 0 Å². The van der Waals surface area contributed by atoms with Crippen molar-refractivity contribution in [2.45, 2.75) is 6.42 Å². The zero-order valence-corrected chi connectivity index (χ0v) is 16.7. The molecule has 5 heteroatoms. The highest BCUT2D eigenvalue weighted by atomic mass is 31.2. The van der Waals surface area contributed by atoms with Crippen LogP contribution in [0, 0.1) is 0 Å². The molecule has 0 heterocycles. The van der Waals surface area contributed by atoms with Gasteiger partial charge in [0.15, 0.2) is 0 Å². The Hall–Kier alpha value is -3.07. The third kappa shape index (κ3) is 5.26. The molecule has 0 radical (unpaired) electrons. The van der Waals surface area contributed by atoms with E-state index >= 15 is 0 Å². The molecule has 0 saturated heterocycles. The number of phosphoric ester groups is 1. The van der Waals surface area contributed by atoms with Crippen LogP contribution in [0.2, 0.25) is 0 Å². The fourth-order valence-corrected chi connectivity index (χ4v) is 4.18. The second-order valence-electron chi connectivity index (χ2n) is 6.52. The smallest absolute Gasteiger partial charge is 0.395 e. The molecular formula is C24H21O4P. The van der Waals surface area contributed by atoms with E-state index in [0.717, 1.165) is 10.9 Å². The maximum Gasteiger partial charge on any atom is 0.587 e. The van der Waals surface area contributed by atoms with Gasteiger partial charge in [-0.1, -0.05) is 78.9 Å². The Morgan fingerprint density at radius 2 is 1.17 bits per heavy atom. The van der Waals surface area contributed by atoms with Gasteiger partial charge >= 0.3 is 7.82 Å². The summed E-state index contributed by atoms with van der Waals surface area (Å²) in [5, 5.41) is 2.34. The first-order chi connectivity index (χ1) is 14.2. The summed E-state index contributed by atoms with van der Waals surface area (Å²) in [4.78, 5) is 0. The monoisotopic (exact) mass is 404 g/mol. The Kier molecular flexibility index (Phi) is 5.95. The fourth-order valence-electron chi connectivity index (χ4n) is 2.96. The van der Waals surface area contributed by atoms with Crippen LogP contribution in [0.25, 0.3) is 10.8 Å². The minimum absolute atomic E-state index is 0.204. The number of hydrogen-bond acceptors (Lipinski definition) is 4. The molecule has 0 fully saturated rings. The van der Waals surface area contributed by atoms with Gasteiger partial charge < -0.3 is 9.05 Å². The van der Waals surface area contributed by atoms with Crippen molar-refractivity contribution in [3.63, 3.8) is 0 Å². The van der Waals surface area contributed by atoms with Crippen LogP contribution < -0.4 is 9.05 Å². The van der Waals surface area contributed by atoms with Crippen LogP contribution in [0.3, 0.4) is 0 Å². The number of phosphoric acid groups is 1. The number of benzene rings is 4. The summed E-state index contributed by atoms with van der Waals surface area (Å²) < 4.78 is 30.2. The average molecular weight is 404 g/mol. The molecule has 4 aromatic rings. The molecule has 0 aliphatic rings. The summed E-state index contributed by atoms with van der Waals surface area (Å²) in [7, 11) is -3.85. The highest BCUT2D eigenvalue weighted by Gasteiger charge is 2.30. The lowest BCUT2D eigenvalue weighted by atomic mass is 10.1. The number of para-hydroxylation sites is 2. The minimum Gasteiger partial charge on any atom is -0.395 e. The molecule has 4 nitrogen and oxygen atoms in total. The molecular weight excluding hydrogens is 383 g/mol. The number of fused-ring (bicyclic) bond motifs is 1. The molecule has 4 aromatic carbocycles. The van der Waals surface area contributed by atoms with Crippen LogP contribution in [0.15, 0.2) is 103 Å². The van der Waals surface area contributed by atoms with Crippen LogP contribution in [-0.2, 0) is 15.5 Å². The van der Waals surface area contributed by atoms with E-state index in [-0.39, 0.29) is 6.61 Å². The summed E-state index contributed by atoms with van der Waals surface area (Å²) >= 11 is 0. The first kappa shape index (κ1) is 19.3. The second kappa shape index (κ2) is 8.95. The van der Waals surface area contributed by atoms with Gasteiger partial charge in [0.05, 0.1) is 6.61 Å². The Balaban J connectivity index is 1.47. The molecule has 4 rings (SSSR count). The van der Waals surface area contributed by atoms with Crippen molar-refractivity contribution in [3.05, 3.63) is 109 Å². The zero-order valence-electron chi connectivity index (χ0n) is 15.8. The van der Waals surface area contributed by atoms with Crippen molar-refractivity contribution in [2.75, 3.05) is 6.61 Å². The van der Waals surface area contributed by atoms with E-state index in [4.69, 9.17) is 13.6 Å². The second-order valence-corrected chi connectivity index (χ2v) is 8.04. The van der Waals surface area contributed by atoms with Crippen molar-refractivity contribution < 1.29 is 18.1 Å². The van der Waals surface area contributed by atoms with Gasteiger partial charge in [-0.25, -0.2) is 4.57 Å². The topological polar surface area (TPSA) is 44.8 Å². The number of hydrogen-bond donors (Lipinski definition) is 0. The highest BCUT2D eigenvalue weighted by molar-refractivity contribution is 7.49. The molecule has 0 N–H and O–H groups in total. The van der Waals surface area contributed by atoms with Crippen molar-refractivity contribution in [2.24, 2.45) is 0 Å². The molecule has 0 aromatic heterocycles. The van der Waals surface area contributed by atoms with Crippen molar-refractivity contribution in [3.8, 4) is 11.5 Å². The van der Waals surface area contributed by atoms with Gasteiger partial charge in [-0.3, -0.25) is 4.52 Å². The van der Waals surface area contributed by atoms with Crippen LogP contribution >= 0.6 is 7.82 Å². The van der Waals surface area contributed by atoms with Crippen LogP contribution in [-0.4, -0.2) is 6.61 Å². The van der Waals surface area contributed by atoms with E-state index < -0.39 is 7.82 Å². The molecule has 0 spiro atoms. The van der Waals surface area contributed by atoms with Crippen LogP contribution in [0.4, 0.5) is 0 Å². The molecule has 0 bridgehead atoms. The predicted molar refractivity (Wildman–Crippen MR) is 115 cm³/mol. The lowest BCUT2D eigenvalue weighted by molar-refractivity contribution is 0.212. The van der Waals surface area contributed by atoms with Gasteiger partial charge in [0, 0.05) is 0 Å². The SMILES string of the molecule is O=P(OCCc1ccc2ccccc2c1)(Oc1ccccc1)Oc1ccccc1. The third-order valence-corrected chi connectivity index (χ3v) is 5.74. The lowest BCUT2D eigenvalue weighted by Crippen LogP contribution is -2.07. The largest absolute Gasteiger partial charge is 0.587 e. The summed E-state index contributed by atoms with van der Waals surface area (Å²) in [5.74, 6) is 0.856. The molecule has 0 aliphatic heterocycles. The Labute approximate surface area is 170 Å². The molecule has 29 heavy (non-hydrogen) atoms. The molecule has 0 unspecified atom stereocenters.